The van der Waals surface area contributed by atoms with Crippen molar-refractivity contribution in [1.82, 2.24) is 9.97 Å². The largest absolute Gasteiger partial charge is 0.355 e. The summed E-state index contributed by atoms with van der Waals surface area (Å²) in [6.45, 7) is 7.14. The summed E-state index contributed by atoms with van der Waals surface area (Å²) in [6.07, 6.45) is 4.70. The number of aryl methyl sites for hydroxylation is 1. The van der Waals surface area contributed by atoms with Crippen molar-refractivity contribution in [3.05, 3.63) is 18.1 Å². The topological polar surface area (TPSA) is 55.0 Å². The van der Waals surface area contributed by atoms with Crippen molar-refractivity contribution < 1.29 is 0 Å². The van der Waals surface area contributed by atoms with Gasteiger partial charge in [-0.3, -0.25) is 4.98 Å². The third-order valence-electron chi connectivity index (χ3n) is 3.57. The molecule has 2 rings (SSSR count). The smallest absolute Gasteiger partial charge is 0.150 e. The monoisotopic (exact) mass is 220 g/mol. The van der Waals surface area contributed by atoms with Crippen molar-refractivity contribution in [3.8, 4) is 0 Å². The molecule has 0 bridgehead atoms. The lowest BCUT2D eigenvalue weighted by atomic mass is 9.87. The van der Waals surface area contributed by atoms with Gasteiger partial charge in [-0.1, -0.05) is 6.92 Å². The molecule has 2 atom stereocenters. The first kappa shape index (κ1) is 11.3. The first-order chi connectivity index (χ1) is 7.72. The summed E-state index contributed by atoms with van der Waals surface area (Å²) in [7, 11) is 0. The molecular weight excluding hydrogens is 200 g/mol. The first-order valence-electron chi connectivity index (χ1n) is 5.95. The number of nitrogens with two attached hydrogens (primary N) is 1. The van der Waals surface area contributed by atoms with Crippen LogP contribution in [0.4, 0.5) is 5.82 Å². The Balaban J connectivity index is 2.14. The minimum Gasteiger partial charge on any atom is -0.355 e. The molecule has 2 heterocycles. The second-order valence-corrected chi connectivity index (χ2v) is 4.67. The van der Waals surface area contributed by atoms with Gasteiger partial charge < -0.3 is 10.6 Å². The summed E-state index contributed by atoms with van der Waals surface area (Å²) >= 11 is 0. The van der Waals surface area contributed by atoms with Crippen molar-refractivity contribution in [1.29, 1.82) is 0 Å². The molecule has 1 aliphatic heterocycles. The molecule has 4 heteroatoms. The number of aromatic nitrogens is 2. The fourth-order valence-electron chi connectivity index (χ4n) is 2.36. The summed E-state index contributed by atoms with van der Waals surface area (Å²) in [5, 5.41) is 0. The Morgan fingerprint density at radius 1 is 1.44 bits per heavy atom. The Morgan fingerprint density at radius 2 is 2.19 bits per heavy atom. The molecule has 1 aromatic heterocycles. The average Bonchev–Trinajstić information content (AvgIpc) is 2.31. The third kappa shape index (κ3) is 2.16. The molecule has 0 aliphatic carbocycles. The van der Waals surface area contributed by atoms with E-state index in [-0.39, 0.29) is 0 Å². The second-order valence-electron chi connectivity index (χ2n) is 4.67. The summed E-state index contributed by atoms with van der Waals surface area (Å²) in [5.41, 5.74) is 6.82. The van der Waals surface area contributed by atoms with Crippen LogP contribution in [0.1, 0.15) is 19.0 Å². The van der Waals surface area contributed by atoms with E-state index in [1.54, 1.807) is 12.4 Å². The van der Waals surface area contributed by atoms with Gasteiger partial charge in [-0.05, 0) is 31.7 Å². The molecule has 0 amide bonds. The van der Waals surface area contributed by atoms with Crippen LogP contribution in [0.15, 0.2) is 12.4 Å². The van der Waals surface area contributed by atoms with Crippen molar-refractivity contribution in [2.75, 3.05) is 24.5 Å². The van der Waals surface area contributed by atoms with Gasteiger partial charge in [0.05, 0.1) is 5.69 Å². The molecule has 0 spiro atoms. The molecule has 1 saturated heterocycles. The van der Waals surface area contributed by atoms with Gasteiger partial charge in [-0.2, -0.15) is 0 Å². The molecule has 1 aromatic rings. The maximum Gasteiger partial charge on any atom is 0.150 e. The van der Waals surface area contributed by atoms with Crippen molar-refractivity contribution in [2.45, 2.75) is 20.3 Å². The molecule has 16 heavy (non-hydrogen) atoms. The predicted octanol–water partition coefficient (Wildman–Crippen LogP) is 1.21. The zero-order chi connectivity index (χ0) is 11.5. The summed E-state index contributed by atoms with van der Waals surface area (Å²) in [4.78, 5) is 11.0. The molecular formula is C12H20N4. The van der Waals surface area contributed by atoms with E-state index in [0.29, 0.717) is 5.92 Å². The van der Waals surface area contributed by atoms with Crippen LogP contribution in [0, 0.1) is 18.8 Å². The highest BCUT2D eigenvalue weighted by Gasteiger charge is 2.26. The predicted molar refractivity (Wildman–Crippen MR) is 65.3 cm³/mol. The van der Waals surface area contributed by atoms with Crippen LogP contribution in [0.2, 0.25) is 0 Å². The Morgan fingerprint density at radius 3 is 2.88 bits per heavy atom. The lowest BCUT2D eigenvalue weighted by molar-refractivity contribution is 0.306. The van der Waals surface area contributed by atoms with E-state index in [2.05, 4.69) is 21.8 Å². The molecule has 0 aromatic carbocycles. The molecule has 2 unspecified atom stereocenters. The standard InChI is InChI=1S/C12H20N4/c1-9-3-6-16(8-11(9)7-13)12-10(2)14-4-5-15-12/h4-5,9,11H,3,6-8,13H2,1-2H3. The van der Waals surface area contributed by atoms with Gasteiger partial charge in [-0.25, -0.2) is 4.98 Å². The van der Waals surface area contributed by atoms with Gasteiger partial charge in [0.25, 0.3) is 0 Å². The lowest BCUT2D eigenvalue weighted by Crippen LogP contribution is -2.43. The number of nitrogens with zero attached hydrogens (tertiary/aromatic N) is 3. The van der Waals surface area contributed by atoms with Gasteiger partial charge in [0.1, 0.15) is 5.82 Å². The normalized spacial score (nSPS) is 25.8. The van der Waals surface area contributed by atoms with Gasteiger partial charge in [0.2, 0.25) is 0 Å². The molecule has 88 valence electrons. The number of anilines is 1. The van der Waals surface area contributed by atoms with Crippen LogP contribution in [-0.4, -0.2) is 29.6 Å². The van der Waals surface area contributed by atoms with Crippen LogP contribution in [0.25, 0.3) is 0 Å². The summed E-state index contributed by atoms with van der Waals surface area (Å²) < 4.78 is 0. The Bertz CT molecular complexity index is 353. The highest BCUT2D eigenvalue weighted by Crippen LogP contribution is 2.26. The molecule has 0 radical (unpaired) electrons. The highest BCUT2D eigenvalue weighted by molar-refractivity contribution is 5.42. The van der Waals surface area contributed by atoms with Crippen LogP contribution in [0.3, 0.4) is 0 Å². The third-order valence-corrected chi connectivity index (χ3v) is 3.57. The molecule has 2 N–H and O–H groups in total. The molecule has 1 aliphatic rings. The minimum absolute atomic E-state index is 0.579. The fourth-order valence-corrected chi connectivity index (χ4v) is 2.36. The fraction of sp³-hybridized carbons (Fsp3) is 0.667. The number of piperidine rings is 1. The summed E-state index contributed by atoms with van der Waals surface area (Å²) in [6, 6.07) is 0. The maximum absolute atomic E-state index is 5.81. The zero-order valence-corrected chi connectivity index (χ0v) is 10.1. The minimum atomic E-state index is 0.579. The lowest BCUT2D eigenvalue weighted by Gasteiger charge is -2.37. The van der Waals surface area contributed by atoms with E-state index in [4.69, 9.17) is 5.73 Å². The maximum atomic E-state index is 5.81. The zero-order valence-electron chi connectivity index (χ0n) is 10.1. The summed E-state index contributed by atoms with van der Waals surface area (Å²) in [5.74, 6) is 2.32. The SMILES string of the molecule is Cc1nccnc1N1CCC(C)C(CN)C1. The Kier molecular flexibility index (Phi) is 3.39. The van der Waals surface area contributed by atoms with E-state index >= 15 is 0 Å². The average molecular weight is 220 g/mol. The van der Waals surface area contributed by atoms with Crippen molar-refractivity contribution >= 4 is 5.82 Å². The van der Waals surface area contributed by atoms with Crippen molar-refractivity contribution in [3.63, 3.8) is 0 Å². The first-order valence-corrected chi connectivity index (χ1v) is 5.95. The van der Waals surface area contributed by atoms with E-state index in [9.17, 15) is 0 Å². The van der Waals surface area contributed by atoms with Crippen LogP contribution in [0.5, 0.6) is 0 Å². The van der Waals surface area contributed by atoms with Crippen LogP contribution < -0.4 is 10.6 Å². The second kappa shape index (κ2) is 4.78. The van der Waals surface area contributed by atoms with Gasteiger partial charge >= 0.3 is 0 Å². The van der Waals surface area contributed by atoms with Gasteiger partial charge in [-0.15, -0.1) is 0 Å². The van der Waals surface area contributed by atoms with Crippen LogP contribution in [-0.2, 0) is 0 Å². The van der Waals surface area contributed by atoms with Gasteiger partial charge in [0, 0.05) is 25.5 Å². The van der Waals surface area contributed by atoms with Crippen molar-refractivity contribution in [2.24, 2.45) is 17.6 Å². The van der Waals surface area contributed by atoms with Gasteiger partial charge in [0.15, 0.2) is 0 Å². The van der Waals surface area contributed by atoms with E-state index in [1.807, 2.05) is 6.92 Å². The van der Waals surface area contributed by atoms with E-state index in [0.717, 1.165) is 37.1 Å². The Hall–Kier alpha value is -1.16. The number of rotatable bonds is 2. The molecule has 0 saturated carbocycles. The van der Waals surface area contributed by atoms with E-state index < -0.39 is 0 Å². The van der Waals surface area contributed by atoms with E-state index in [1.165, 1.54) is 6.42 Å². The molecule has 1 fully saturated rings. The Labute approximate surface area is 96.9 Å². The van der Waals surface area contributed by atoms with Crippen LogP contribution >= 0.6 is 0 Å². The number of hydrogen-bond acceptors (Lipinski definition) is 4. The molecule has 4 nitrogen and oxygen atoms in total. The number of hydrogen-bond donors (Lipinski definition) is 1. The highest BCUT2D eigenvalue weighted by atomic mass is 15.2. The quantitative estimate of drug-likeness (QED) is 0.814.